The lowest BCUT2D eigenvalue weighted by Crippen LogP contribution is -2.26. The average molecular weight is 402 g/mol. The van der Waals surface area contributed by atoms with Crippen LogP contribution in [0.15, 0.2) is 57.5 Å². The molecule has 0 bridgehead atoms. The summed E-state index contributed by atoms with van der Waals surface area (Å²) in [7, 11) is 3.29. The van der Waals surface area contributed by atoms with Crippen molar-refractivity contribution in [3.05, 3.63) is 64.5 Å². The van der Waals surface area contributed by atoms with Gasteiger partial charge in [-0.25, -0.2) is 0 Å². The molecule has 0 N–H and O–H groups in total. The molecule has 1 heterocycles. The topological polar surface area (TPSA) is 68.5 Å². The summed E-state index contributed by atoms with van der Waals surface area (Å²) < 4.78 is 11.2. The minimum atomic E-state index is -0.131. The van der Waals surface area contributed by atoms with Crippen LogP contribution in [-0.2, 0) is 6.54 Å². The van der Waals surface area contributed by atoms with Gasteiger partial charge in [0.15, 0.2) is 0 Å². The molecule has 0 atom stereocenters. The van der Waals surface area contributed by atoms with Crippen LogP contribution in [0.2, 0.25) is 0 Å². The second-order valence-electron chi connectivity index (χ2n) is 5.38. The fourth-order valence-corrected chi connectivity index (χ4v) is 2.77. The Hall–Kier alpha value is -2.67. The van der Waals surface area contributed by atoms with E-state index in [-0.39, 0.29) is 12.5 Å². The summed E-state index contributed by atoms with van der Waals surface area (Å²) in [4.78, 5) is 18.4. The van der Waals surface area contributed by atoms with Crippen molar-refractivity contribution in [2.24, 2.45) is 0 Å². The van der Waals surface area contributed by atoms with Crippen LogP contribution in [0.3, 0.4) is 0 Å². The van der Waals surface area contributed by atoms with Crippen LogP contribution in [0.5, 0.6) is 5.75 Å². The highest BCUT2D eigenvalue weighted by Gasteiger charge is 2.18. The van der Waals surface area contributed by atoms with Crippen LogP contribution in [0.25, 0.3) is 11.4 Å². The molecule has 0 unspecified atom stereocenters. The van der Waals surface area contributed by atoms with Crippen molar-refractivity contribution in [3.63, 3.8) is 0 Å². The normalized spacial score (nSPS) is 10.5. The van der Waals surface area contributed by atoms with Gasteiger partial charge in [0.1, 0.15) is 5.75 Å². The zero-order valence-corrected chi connectivity index (χ0v) is 15.4. The Morgan fingerprint density at radius 2 is 2.04 bits per heavy atom. The number of hydrogen-bond donors (Lipinski definition) is 0. The molecule has 0 aliphatic rings. The summed E-state index contributed by atoms with van der Waals surface area (Å²) in [5.41, 5.74) is 1.37. The van der Waals surface area contributed by atoms with E-state index in [0.717, 1.165) is 10.0 Å². The van der Waals surface area contributed by atoms with Crippen molar-refractivity contribution in [3.8, 4) is 17.1 Å². The van der Waals surface area contributed by atoms with E-state index >= 15 is 0 Å². The Balaban J connectivity index is 1.74. The maximum atomic E-state index is 12.5. The number of halogens is 1. The van der Waals surface area contributed by atoms with E-state index in [4.69, 9.17) is 9.26 Å². The van der Waals surface area contributed by atoms with Crippen LogP contribution >= 0.6 is 15.9 Å². The van der Waals surface area contributed by atoms with Crippen molar-refractivity contribution in [2.45, 2.75) is 6.54 Å². The van der Waals surface area contributed by atoms with Gasteiger partial charge in [0, 0.05) is 17.1 Å². The Kier molecular flexibility index (Phi) is 5.14. The summed E-state index contributed by atoms with van der Waals surface area (Å²) >= 11 is 3.39. The van der Waals surface area contributed by atoms with Gasteiger partial charge in [-0.1, -0.05) is 29.4 Å². The Labute approximate surface area is 153 Å². The van der Waals surface area contributed by atoms with Crippen LogP contribution in [-0.4, -0.2) is 35.1 Å². The fourth-order valence-electron chi connectivity index (χ4n) is 2.31. The predicted molar refractivity (Wildman–Crippen MR) is 96.2 cm³/mol. The first kappa shape index (κ1) is 17.2. The van der Waals surface area contributed by atoms with E-state index in [0.29, 0.717) is 23.0 Å². The quantitative estimate of drug-likeness (QED) is 0.650. The third-order valence-electron chi connectivity index (χ3n) is 3.62. The molecule has 0 aliphatic carbocycles. The van der Waals surface area contributed by atoms with Crippen molar-refractivity contribution >= 4 is 21.8 Å². The molecule has 0 saturated heterocycles. The van der Waals surface area contributed by atoms with Crippen LogP contribution in [0, 0.1) is 0 Å². The third kappa shape index (κ3) is 3.88. The minimum absolute atomic E-state index is 0.131. The van der Waals surface area contributed by atoms with Gasteiger partial charge in [-0.3, -0.25) is 4.79 Å². The molecule has 1 aromatic heterocycles. The minimum Gasteiger partial charge on any atom is -0.497 e. The average Bonchev–Trinajstić information content (AvgIpc) is 3.10. The van der Waals surface area contributed by atoms with E-state index in [1.54, 1.807) is 20.2 Å². The van der Waals surface area contributed by atoms with Crippen molar-refractivity contribution in [1.82, 2.24) is 15.0 Å². The number of ether oxygens (including phenoxy) is 1. The molecular formula is C18H16BrN3O3. The van der Waals surface area contributed by atoms with Gasteiger partial charge >= 0.3 is 0 Å². The highest BCUT2D eigenvalue weighted by atomic mass is 79.9. The zero-order valence-electron chi connectivity index (χ0n) is 13.8. The zero-order chi connectivity index (χ0) is 17.8. The Morgan fingerprint density at radius 3 is 2.80 bits per heavy atom. The lowest BCUT2D eigenvalue weighted by molar-refractivity contribution is 0.0768. The van der Waals surface area contributed by atoms with Gasteiger partial charge < -0.3 is 14.2 Å². The molecule has 3 aromatic rings. The largest absolute Gasteiger partial charge is 0.497 e. The first-order valence-corrected chi connectivity index (χ1v) is 8.35. The lowest BCUT2D eigenvalue weighted by atomic mass is 10.2. The summed E-state index contributed by atoms with van der Waals surface area (Å²) in [5.74, 6) is 1.40. The second kappa shape index (κ2) is 7.48. The van der Waals surface area contributed by atoms with E-state index in [1.165, 1.54) is 4.90 Å². The van der Waals surface area contributed by atoms with E-state index in [2.05, 4.69) is 26.1 Å². The number of rotatable bonds is 5. The highest BCUT2D eigenvalue weighted by Crippen LogP contribution is 2.22. The predicted octanol–water partition coefficient (Wildman–Crippen LogP) is 3.78. The first-order chi connectivity index (χ1) is 12.1. The molecule has 0 radical (unpaired) electrons. The molecule has 3 rings (SSSR count). The summed E-state index contributed by atoms with van der Waals surface area (Å²) in [6.45, 7) is 0.219. The first-order valence-electron chi connectivity index (χ1n) is 7.55. The maximum absolute atomic E-state index is 12.5. The molecule has 7 heteroatoms. The summed E-state index contributed by atoms with van der Waals surface area (Å²) in [6, 6.07) is 14.7. The number of amides is 1. The van der Waals surface area contributed by atoms with Gasteiger partial charge in [0.2, 0.25) is 11.7 Å². The van der Waals surface area contributed by atoms with Crippen molar-refractivity contribution in [2.75, 3.05) is 14.2 Å². The number of benzene rings is 2. The summed E-state index contributed by atoms with van der Waals surface area (Å²) in [5, 5.41) is 3.98. The van der Waals surface area contributed by atoms with E-state index in [9.17, 15) is 4.79 Å². The molecule has 6 nitrogen and oxygen atoms in total. The molecule has 2 aromatic carbocycles. The number of nitrogens with zero attached hydrogens (tertiary/aromatic N) is 3. The van der Waals surface area contributed by atoms with Gasteiger partial charge in [0.05, 0.1) is 19.2 Å². The van der Waals surface area contributed by atoms with Crippen molar-refractivity contribution in [1.29, 1.82) is 0 Å². The monoisotopic (exact) mass is 401 g/mol. The van der Waals surface area contributed by atoms with Gasteiger partial charge in [-0.2, -0.15) is 4.98 Å². The van der Waals surface area contributed by atoms with E-state index < -0.39 is 0 Å². The molecule has 128 valence electrons. The number of carbonyl (C=O) groups excluding carboxylic acids is 1. The van der Waals surface area contributed by atoms with Gasteiger partial charge in [-0.05, 0) is 40.2 Å². The maximum Gasteiger partial charge on any atom is 0.255 e. The van der Waals surface area contributed by atoms with Crippen LogP contribution in [0.4, 0.5) is 0 Å². The lowest BCUT2D eigenvalue weighted by Gasteiger charge is -2.15. The standard InChI is InChI=1S/C18H16BrN3O3/c1-22(18(23)14-8-3-4-9-15(14)19)11-16-20-17(21-25-16)12-6-5-7-13(10-12)24-2/h3-10H,11H2,1-2H3. The number of methoxy groups -OCH3 is 1. The Morgan fingerprint density at radius 1 is 1.24 bits per heavy atom. The van der Waals surface area contributed by atoms with E-state index in [1.807, 2.05) is 42.5 Å². The molecule has 25 heavy (non-hydrogen) atoms. The van der Waals surface area contributed by atoms with Crippen LogP contribution in [0.1, 0.15) is 16.2 Å². The third-order valence-corrected chi connectivity index (χ3v) is 4.31. The SMILES string of the molecule is COc1cccc(-c2noc(CN(C)C(=O)c3ccccc3Br)n2)c1. The summed E-state index contributed by atoms with van der Waals surface area (Å²) in [6.07, 6.45) is 0. The molecular weight excluding hydrogens is 386 g/mol. The smallest absolute Gasteiger partial charge is 0.255 e. The van der Waals surface area contributed by atoms with Crippen LogP contribution < -0.4 is 4.74 Å². The Bertz CT molecular complexity index is 895. The molecule has 0 spiro atoms. The number of aromatic nitrogens is 2. The molecule has 0 saturated carbocycles. The fraction of sp³-hybridized carbons (Fsp3) is 0.167. The molecule has 0 aliphatic heterocycles. The number of hydrogen-bond acceptors (Lipinski definition) is 5. The highest BCUT2D eigenvalue weighted by molar-refractivity contribution is 9.10. The second-order valence-corrected chi connectivity index (χ2v) is 6.24. The van der Waals surface area contributed by atoms with Crippen molar-refractivity contribution < 1.29 is 14.1 Å². The molecule has 0 fully saturated rings. The number of carbonyl (C=O) groups is 1. The van der Waals surface area contributed by atoms with Gasteiger partial charge in [-0.15, -0.1) is 0 Å². The molecule has 1 amide bonds. The van der Waals surface area contributed by atoms with Gasteiger partial charge in [0.25, 0.3) is 5.91 Å².